The molecule has 3 nitrogen and oxygen atoms in total. The summed E-state index contributed by atoms with van der Waals surface area (Å²) in [5.74, 6) is -2.16. The van der Waals surface area contributed by atoms with E-state index < -0.39 is 23.9 Å². The van der Waals surface area contributed by atoms with Crippen molar-refractivity contribution in [1.82, 2.24) is 0 Å². The minimum Gasteiger partial charge on any atom is -0.466 e. The van der Waals surface area contributed by atoms with Crippen LogP contribution in [0.2, 0.25) is 0 Å². The molecule has 0 aromatic carbocycles. The maximum atomic E-state index is 13.0. The van der Waals surface area contributed by atoms with E-state index in [1.54, 1.807) is 0 Å². The van der Waals surface area contributed by atoms with E-state index in [0.717, 1.165) is 0 Å². The van der Waals surface area contributed by atoms with Crippen LogP contribution in [-0.4, -0.2) is 36.1 Å². The predicted molar refractivity (Wildman–Crippen MR) is 33.6 cm³/mol. The first-order chi connectivity index (χ1) is 5.67. The van der Waals surface area contributed by atoms with E-state index >= 15 is 0 Å². The molecule has 0 amide bonds. The van der Waals surface area contributed by atoms with E-state index in [-0.39, 0.29) is 0 Å². The molecule has 2 unspecified atom stereocenters. The number of carbonyl (C=O) groups is 1. The highest BCUT2D eigenvalue weighted by molar-refractivity contribution is 5.81. The Morgan fingerprint density at radius 3 is 1.85 bits per heavy atom. The number of aliphatic hydroxyl groups excluding tert-OH is 1. The normalized spacial score (nSPS) is 19.0. The first-order valence-electron chi connectivity index (χ1n) is 3.20. The van der Waals surface area contributed by atoms with Crippen molar-refractivity contribution in [3.05, 3.63) is 0 Å². The quantitative estimate of drug-likeness (QED) is 0.534. The average molecular weight is 204 g/mol. The van der Waals surface area contributed by atoms with Crippen LogP contribution in [-0.2, 0) is 9.53 Å². The summed E-state index contributed by atoms with van der Waals surface area (Å²) in [5.41, 5.74) is -4.36. The van der Waals surface area contributed by atoms with Crippen LogP contribution < -0.4 is 0 Å². The Bertz CT molecular complexity index is 201. The van der Waals surface area contributed by atoms with Gasteiger partial charge >= 0.3 is 17.8 Å². The van der Waals surface area contributed by atoms with Crippen LogP contribution in [0.1, 0.15) is 6.92 Å². The standard InChI is InChI=1S/C6H8F4O3/c1-3(11)5(7,4(12)13-2)6(8,9)10/h3,11H,1-2H3. The molecule has 0 saturated heterocycles. The molecule has 0 aliphatic carbocycles. The van der Waals surface area contributed by atoms with Gasteiger partial charge in [0.25, 0.3) is 0 Å². The molecule has 0 radical (unpaired) electrons. The number of aliphatic hydroxyl groups is 1. The Morgan fingerprint density at radius 1 is 1.38 bits per heavy atom. The fourth-order valence-electron chi connectivity index (χ4n) is 0.672. The Balaban J connectivity index is 5.08. The van der Waals surface area contributed by atoms with Crippen molar-refractivity contribution in [1.29, 1.82) is 0 Å². The Morgan fingerprint density at radius 2 is 1.77 bits per heavy atom. The summed E-state index contributed by atoms with van der Waals surface area (Å²) in [6, 6.07) is 0. The summed E-state index contributed by atoms with van der Waals surface area (Å²) in [5, 5.41) is 8.51. The van der Waals surface area contributed by atoms with Crippen molar-refractivity contribution in [3.63, 3.8) is 0 Å². The summed E-state index contributed by atoms with van der Waals surface area (Å²) in [7, 11) is 0.602. The van der Waals surface area contributed by atoms with E-state index in [2.05, 4.69) is 4.74 Å². The number of rotatable bonds is 2. The van der Waals surface area contributed by atoms with Gasteiger partial charge in [-0.05, 0) is 6.92 Å². The van der Waals surface area contributed by atoms with Gasteiger partial charge < -0.3 is 9.84 Å². The smallest absolute Gasteiger partial charge is 0.436 e. The van der Waals surface area contributed by atoms with E-state index in [9.17, 15) is 22.4 Å². The third-order valence-electron chi connectivity index (χ3n) is 1.47. The third-order valence-corrected chi connectivity index (χ3v) is 1.47. The second-order valence-corrected chi connectivity index (χ2v) is 2.38. The zero-order valence-electron chi connectivity index (χ0n) is 6.85. The molecule has 0 aromatic rings. The molecular weight excluding hydrogens is 196 g/mol. The van der Waals surface area contributed by atoms with E-state index in [1.807, 2.05) is 0 Å². The summed E-state index contributed by atoms with van der Waals surface area (Å²) in [6.07, 6.45) is -8.01. The van der Waals surface area contributed by atoms with Crippen LogP contribution >= 0.6 is 0 Å². The van der Waals surface area contributed by atoms with Crippen molar-refractivity contribution in [3.8, 4) is 0 Å². The zero-order valence-corrected chi connectivity index (χ0v) is 6.85. The number of hydrogen-bond acceptors (Lipinski definition) is 3. The number of carbonyl (C=O) groups excluding carboxylic acids is 1. The van der Waals surface area contributed by atoms with Crippen LogP contribution in [0.5, 0.6) is 0 Å². The van der Waals surface area contributed by atoms with Gasteiger partial charge in [0, 0.05) is 0 Å². The summed E-state index contributed by atoms with van der Waals surface area (Å²) in [6.45, 7) is 0.518. The minimum absolute atomic E-state index is 0.518. The summed E-state index contributed by atoms with van der Waals surface area (Å²) in [4.78, 5) is 10.4. The SMILES string of the molecule is COC(=O)C(F)(C(C)O)C(F)(F)F. The molecule has 0 aliphatic rings. The van der Waals surface area contributed by atoms with Crippen molar-refractivity contribution >= 4 is 5.97 Å². The van der Waals surface area contributed by atoms with E-state index in [4.69, 9.17) is 5.11 Å². The molecule has 1 N–H and O–H groups in total. The first kappa shape index (κ1) is 12.2. The number of alkyl halides is 4. The Kier molecular flexibility index (Phi) is 3.26. The van der Waals surface area contributed by atoms with Gasteiger partial charge in [0.15, 0.2) is 0 Å². The highest BCUT2D eigenvalue weighted by atomic mass is 19.4. The Labute approximate surface area is 71.3 Å². The van der Waals surface area contributed by atoms with Crippen LogP contribution in [0.25, 0.3) is 0 Å². The number of esters is 1. The van der Waals surface area contributed by atoms with E-state index in [0.29, 0.717) is 14.0 Å². The lowest BCUT2D eigenvalue weighted by atomic mass is 10.00. The maximum Gasteiger partial charge on any atom is 0.436 e. The van der Waals surface area contributed by atoms with Crippen LogP contribution in [0.4, 0.5) is 17.6 Å². The lowest BCUT2D eigenvalue weighted by Crippen LogP contribution is -2.56. The summed E-state index contributed by atoms with van der Waals surface area (Å²) < 4.78 is 52.4. The van der Waals surface area contributed by atoms with Gasteiger partial charge in [-0.25, -0.2) is 9.18 Å². The topological polar surface area (TPSA) is 46.5 Å². The molecular formula is C6H8F4O3. The molecule has 0 rings (SSSR count). The second-order valence-electron chi connectivity index (χ2n) is 2.38. The van der Waals surface area contributed by atoms with Crippen molar-refractivity contribution in [2.24, 2.45) is 0 Å². The highest BCUT2D eigenvalue weighted by Gasteiger charge is 2.66. The molecule has 0 spiro atoms. The van der Waals surface area contributed by atoms with E-state index in [1.165, 1.54) is 0 Å². The molecule has 13 heavy (non-hydrogen) atoms. The maximum absolute atomic E-state index is 13.0. The molecule has 0 aromatic heterocycles. The molecule has 0 bridgehead atoms. The van der Waals surface area contributed by atoms with Crippen molar-refractivity contribution in [2.45, 2.75) is 24.9 Å². The molecule has 78 valence electrons. The molecule has 7 heteroatoms. The fraction of sp³-hybridized carbons (Fsp3) is 0.833. The minimum atomic E-state index is -5.49. The lowest BCUT2D eigenvalue weighted by molar-refractivity contribution is -0.258. The first-order valence-corrected chi connectivity index (χ1v) is 3.20. The average Bonchev–Trinajstić information content (AvgIpc) is 1.98. The highest BCUT2D eigenvalue weighted by Crippen LogP contribution is 2.37. The molecule has 0 heterocycles. The van der Waals surface area contributed by atoms with Gasteiger partial charge in [-0.1, -0.05) is 0 Å². The second kappa shape index (κ2) is 3.49. The van der Waals surface area contributed by atoms with Gasteiger partial charge in [0.2, 0.25) is 0 Å². The zero-order chi connectivity index (χ0) is 10.9. The molecule has 0 aliphatic heterocycles. The fourth-order valence-corrected chi connectivity index (χ4v) is 0.672. The van der Waals surface area contributed by atoms with Gasteiger partial charge in [0.05, 0.1) is 7.11 Å². The molecule has 2 atom stereocenters. The van der Waals surface area contributed by atoms with Gasteiger partial charge in [0.1, 0.15) is 6.10 Å². The number of methoxy groups -OCH3 is 1. The molecule has 0 fully saturated rings. The van der Waals surface area contributed by atoms with Gasteiger partial charge in [-0.2, -0.15) is 13.2 Å². The third kappa shape index (κ3) is 1.90. The van der Waals surface area contributed by atoms with Crippen LogP contribution in [0.15, 0.2) is 0 Å². The lowest BCUT2D eigenvalue weighted by Gasteiger charge is -2.27. The number of ether oxygens (including phenoxy) is 1. The molecule has 0 saturated carbocycles. The number of hydrogen-bond donors (Lipinski definition) is 1. The van der Waals surface area contributed by atoms with Crippen LogP contribution in [0.3, 0.4) is 0 Å². The van der Waals surface area contributed by atoms with Gasteiger partial charge in [-0.15, -0.1) is 0 Å². The van der Waals surface area contributed by atoms with Crippen LogP contribution in [0, 0.1) is 0 Å². The van der Waals surface area contributed by atoms with Crippen molar-refractivity contribution in [2.75, 3.05) is 7.11 Å². The number of halogens is 4. The Hall–Kier alpha value is -0.850. The monoisotopic (exact) mass is 204 g/mol. The van der Waals surface area contributed by atoms with Gasteiger partial charge in [-0.3, -0.25) is 0 Å². The van der Waals surface area contributed by atoms with Crippen molar-refractivity contribution < 1.29 is 32.2 Å². The predicted octanol–water partition coefficient (Wildman–Crippen LogP) is 0.811. The largest absolute Gasteiger partial charge is 0.466 e. The summed E-state index contributed by atoms with van der Waals surface area (Å²) >= 11 is 0.